The van der Waals surface area contributed by atoms with Crippen LogP contribution < -0.4 is 13.9 Å². The summed E-state index contributed by atoms with van der Waals surface area (Å²) in [5, 5.41) is 10.4. The number of likely N-dealkylation sites (N-methyl/N-ethyl adjacent to an activating group) is 1. The number of benzene rings is 2. The molecule has 0 saturated heterocycles. The molecule has 0 unspecified atom stereocenters. The third-order valence-electron chi connectivity index (χ3n) is 3.98. The number of anilines is 1. The van der Waals surface area contributed by atoms with E-state index in [1.807, 2.05) is 21.0 Å². The van der Waals surface area contributed by atoms with Gasteiger partial charge in [0.05, 0.1) is 38.3 Å². The topological polar surface area (TPSA) is 71.3 Å². The number of aliphatic hydroxyl groups excluding tert-OH is 1. The normalized spacial score (nSPS) is 12.8. The van der Waals surface area contributed by atoms with E-state index in [-0.39, 0.29) is 11.4 Å². The molecule has 1 atom stereocenters. The molecule has 0 heterocycles. The number of para-hydroxylation sites is 2. The van der Waals surface area contributed by atoms with E-state index in [0.717, 1.165) is 10.5 Å². The van der Waals surface area contributed by atoms with Crippen LogP contribution in [0.4, 0.5) is 5.69 Å². The molecule has 0 radical (unpaired) electrons. The van der Waals surface area contributed by atoms with E-state index in [9.17, 15) is 13.5 Å². The second-order valence-corrected chi connectivity index (χ2v) is 8.45. The van der Waals surface area contributed by atoms with Crippen molar-refractivity contribution in [1.82, 2.24) is 0 Å². The van der Waals surface area contributed by atoms with Gasteiger partial charge in [0.2, 0.25) is 0 Å². The molecule has 6 nitrogen and oxygen atoms in total. The quantitative estimate of drug-likeness (QED) is 0.709. The van der Waals surface area contributed by atoms with Crippen molar-refractivity contribution in [2.75, 3.05) is 38.6 Å². The summed E-state index contributed by atoms with van der Waals surface area (Å²) in [7, 11) is 1.46. The predicted octanol–water partition coefficient (Wildman–Crippen LogP) is 0.704. The zero-order valence-electron chi connectivity index (χ0n) is 15.6. The van der Waals surface area contributed by atoms with Crippen molar-refractivity contribution in [3.8, 4) is 5.75 Å². The molecule has 142 valence electrons. The Bertz CT molecular complexity index is 820. The molecule has 2 aromatic rings. The Morgan fingerprint density at radius 3 is 2.31 bits per heavy atom. The standard InChI is InChI=1S/C19H26N2O4S/c1-15-9-11-17(12-10-15)26(23,24)21(14-16(22)13-20(2)3)18-7-5-6-8-19(18)25-4/h5-12,16,22H,13-14H2,1-4H3/p+1/t16-/m1/s1. The summed E-state index contributed by atoms with van der Waals surface area (Å²) in [4.78, 5) is 1.21. The monoisotopic (exact) mass is 379 g/mol. The fourth-order valence-electron chi connectivity index (χ4n) is 2.73. The van der Waals surface area contributed by atoms with Gasteiger partial charge >= 0.3 is 0 Å². The van der Waals surface area contributed by atoms with Gasteiger partial charge in [-0.2, -0.15) is 0 Å². The molecular formula is C19H27N2O4S+. The van der Waals surface area contributed by atoms with Gasteiger partial charge in [-0.25, -0.2) is 8.42 Å². The first-order chi connectivity index (χ1) is 12.3. The van der Waals surface area contributed by atoms with Crippen LogP contribution in [-0.2, 0) is 10.0 Å². The first-order valence-corrected chi connectivity index (χ1v) is 9.89. The average molecular weight is 380 g/mol. The maximum absolute atomic E-state index is 13.3. The lowest BCUT2D eigenvalue weighted by atomic mass is 10.2. The predicted molar refractivity (Wildman–Crippen MR) is 102 cm³/mol. The Balaban J connectivity index is 2.50. The highest BCUT2D eigenvalue weighted by Crippen LogP contribution is 2.32. The first-order valence-electron chi connectivity index (χ1n) is 8.45. The molecule has 2 N–H and O–H groups in total. The second-order valence-electron chi connectivity index (χ2n) is 6.59. The Kier molecular flexibility index (Phi) is 6.63. The number of sulfonamides is 1. The van der Waals surface area contributed by atoms with Gasteiger partial charge in [0.1, 0.15) is 18.4 Å². The van der Waals surface area contributed by atoms with Crippen molar-refractivity contribution in [2.45, 2.75) is 17.9 Å². The molecular weight excluding hydrogens is 352 g/mol. The number of nitrogens with one attached hydrogen (secondary N) is 1. The van der Waals surface area contributed by atoms with Crippen LogP contribution in [0, 0.1) is 6.92 Å². The van der Waals surface area contributed by atoms with Crippen LogP contribution in [0.5, 0.6) is 5.75 Å². The van der Waals surface area contributed by atoms with E-state index in [0.29, 0.717) is 18.0 Å². The summed E-state index contributed by atoms with van der Waals surface area (Å²) >= 11 is 0. The first kappa shape index (κ1) is 20.2. The van der Waals surface area contributed by atoms with E-state index >= 15 is 0 Å². The van der Waals surface area contributed by atoms with Gasteiger partial charge in [-0.3, -0.25) is 4.31 Å². The van der Waals surface area contributed by atoms with Gasteiger partial charge in [-0.05, 0) is 31.2 Å². The number of nitrogens with zero attached hydrogens (tertiary/aromatic N) is 1. The minimum Gasteiger partial charge on any atom is -0.495 e. The van der Waals surface area contributed by atoms with Crippen LogP contribution in [0.25, 0.3) is 0 Å². The fourth-order valence-corrected chi connectivity index (χ4v) is 4.24. The Morgan fingerprint density at radius 1 is 1.12 bits per heavy atom. The highest BCUT2D eigenvalue weighted by Gasteiger charge is 2.29. The number of hydrogen-bond acceptors (Lipinski definition) is 4. The molecule has 0 saturated carbocycles. The summed E-state index contributed by atoms with van der Waals surface area (Å²) in [5.74, 6) is 0.438. The summed E-state index contributed by atoms with van der Waals surface area (Å²) in [6.45, 7) is 2.27. The minimum absolute atomic E-state index is 0.0538. The van der Waals surface area contributed by atoms with Gasteiger partial charge < -0.3 is 14.7 Å². The Morgan fingerprint density at radius 2 is 1.73 bits per heavy atom. The highest BCUT2D eigenvalue weighted by molar-refractivity contribution is 7.92. The summed E-state index contributed by atoms with van der Waals surface area (Å²) in [5.41, 5.74) is 1.38. The van der Waals surface area contributed by atoms with Crippen LogP contribution in [0.2, 0.25) is 0 Å². The second kappa shape index (κ2) is 8.53. The summed E-state index contributed by atoms with van der Waals surface area (Å²) < 4.78 is 33.1. The molecule has 0 spiro atoms. The third-order valence-corrected chi connectivity index (χ3v) is 5.78. The molecule has 0 aliphatic carbocycles. The lowest BCUT2D eigenvalue weighted by molar-refractivity contribution is -0.861. The van der Waals surface area contributed by atoms with Crippen LogP contribution in [0.1, 0.15) is 5.56 Å². The number of methoxy groups -OCH3 is 1. The lowest BCUT2D eigenvalue weighted by Gasteiger charge is -2.28. The van der Waals surface area contributed by atoms with Crippen molar-refractivity contribution in [3.63, 3.8) is 0 Å². The molecule has 0 fully saturated rings. The Hall–Kier alpha value is -2.09. The molecule has 0 aliphatic heterocycles. The maximum atomic E-state index is 13.3. The van der Waals surface area contributed by atoms with Gasteiger partial charge in [0.25, 0.3) is 10.0 Å². The van der Waals surface area contributed by atoms with E-state index in [1.54, 1.807) is 48.5 Å². The molecule has 0 aliphatic rings. The van der Waals surface area contributed by atoms with Crippen LogP contribution in [0.3, 0.4) is 0 Å². The van der Waals surface area contributed by atoms with Gasteiger partial charge in [0, 0.05) is 0 Å². The highest BCUT2D eigenvalue weighted by atomic mass is 32.2. The van der Waals surface area contributed by atoms with Crippen LogP contribution >= 0.6 is 0 Å². The van der Waals surface area contributed by atoms with Gasteiger partial charge in [-0.1, -0.05) is 29.8 Å². The SMILES string of the molecule is COc1ccccc1N(C[C@H](O)C[NH+](C)C)S(=O)(=O)c1ccc(C)cc1. The van der Waals surface area contributed by atoms with E-state index in [1.165, 1.54) is 11.4 Å². The molecule has 2 aromatic carbocycles. The third kappa shape index (κ3) is 4.75. The lowest BCUT2D eigenvalue weighted by Crippen LogP contribution is -3.07. The number of rotatable bonds is 8. The number of quaternary nitrogens is 1. The summed E-state index contributed by atoms with van der Waals surface area (Å²) in [6.07, 6.45) is -0.815. The zero-order valence-corrected chi connectivity index (χ0v) is 16.5. The van der Waals surface area contributed by atoms with E-state index in [4.69, 9.17) is 4.74 Å². The van der Waals surface area contributed by atoms with E-state index in [2.05, 4.69) is 0 Å². The van der Waals surface area contributed by atoms with Crippen molar-refractivity contribution >= 4 is 15.7 Å². The molecule has 0 aromatic heterocycles. The van der Waals surface area contributed by atoms with Crippen molar-refractivity contribution in [2.24, 2.45) is 0 Å². The molecule has 2 rings (SSSR count). The number of aliphatic hydroxyl groups is 1. The van der Waals surface area contributed by atoms with Gasteiger partial charge in [0.15, 0.2) is 0 Å². The number of ether oxygens (including phenoxy) is 1. The average Bonchev–Trinajstić information content (AvgIpc) is 2.59. The maximum Gasteiger partial charge on any atom is 0.264 e. The molecule has 0 bridgehead atoms. The van der Waals surface area contributed by atoms with Crippen molar-refractivity contribution in [3.05, 3.63) is 54.1 Å². The number of aryl methyl sites for hydroxylation is 1. The van der Waals surface area contributed by atoms with Gasteiger partial charge in [-0.15, -0.1) is 0 Å². The molecule has 26 heavy (non-hydrogen) atoms. The molecule has 7 heteroatoms. The fraction of sp³-hybridized carbons (Fsp3) is 0.368. The van der Waals surface area contributed by atoms with Crippen molar-refractivity contribution < 1.29 is 23.2 Å². The molecule has 0 amide bonds. The zero-order chi connectivity index (χ0) is 19.3. The number of hydrogen-bond donors (Lipinski definition) is 2. The summed E-state index contributed by atoms with van der Waals surface area (Å²) in [6, 6.07) is 13.6. The van der Waals surface area contributed by atoms with E-state index < -0.39 is 16.1 Å². The Labute approximate surface area is 155 Å². The van der Waals surface area contributed by atoms with Crippen LogP contribution in [-0.4, -0.2) is 53.9 Å². The van der Waals surface area contributed by atoms with Crippen LogP contribution in [0.15, 0.2) is 53.4 Å². The van der Waals surface area contributed by atoms with Crippen molar-refractivity contribution in [1.29, 1.82) is 0 Å². The largest absolute Gasteiger partial charge is 0.495 e. The smallest absolute Gasteiger partial charge is 0.264 e. The minimum atomic E-state index is -3.85.